The van der Waals surface area contributed by atoms with Crippen molar-refractivity contribution in [3.63, 3.8) is 0 Å². The summed E-state index contributed by atoms with van der Waals surface area (Å²) in [5, 5.41) is 25.0. The van der Waals surface area contributed by atoms with Gasteiger partial charge in [-0.15, -0.1) is 0 Å². The zero-order chi connectivity index (χ0) is 24.4. The van der Waals surface area contributed by atoms with Gasteiger partial charge in [0.1, 0.15) is 5.82 Å². The number of amides is 2. The van der Waals surface area contributed by atoms with E-state index in [1.54, 1.807) is 27.8 Å². The van der Waals surface area contributed by atoms with Crippen molar-refractivity contribution in [1.82, 2.24) is 9.88 Å². The number of Topliss-reactive ketones (excluding diaryl/α,β-unsaturated/α-hetero) is 1. The number of anilines is 1. The summed E-state index contributed by atoms with van der Waals surface area (Å²) in [5.74, 6) is -2.40. The minimum Gasteiger partial charge on any atom is -0.390 e. The molecule has 0 saturated heterocycles. The lowest BCUT2D eigenvalue weighted by molar-refractivity contribution is -0.117. The molecule has 1 fully saturated rings. The van der Waals surface area contributed by atoms with Gasteiger partial charge in [0.25, 0.3) is 17.6 Å². The van der Waals surface area contributed by atoms with E-state index in [4.69, 9.17) is 0 Å². The van der Waals surface area contributed by atoms with Gasteiger partial charge in [-0.1, -0.05) is 0 Å². The second kappa shape index (κ2) is 9.84. The van der Waals surface area contributed by atoms with Crippen LogP contribution in [-0.4, -0.2) is 50.6 Å². The van der Waals surface area contributed by atoms with E-state index >= 15 is 0 Å². The number of aliphatic hydroxyl groups excluding tert-OH is 2. The molecule has 1 aliphatic carbocycles. The molecule has 0 spiro atoms. The van der Waals surface area contributed by atoms with E-state index in [2.05, 4.69) is 10.6 Å². The number of carbonyl (C=O) groups is 3. The first kappa shape index (κ1) is 24.6. The zero-order valence-electron chi connectivity index (χ0n) is 19.2. The summed E-state index contributed by atoms with van der Waals surface area (Å²) in [6.45, 7) is 4.88. The molecule has 2 aromatic rings. The highest BCUT2D eigenvalue weighted by Crippen LogP contribution is 2.24. The molecule has 1 unspecified atom stereocenters. The Morgan fingerprint density at radius 1 is 1.03 bits per heavy atom. The Hall–Kier alpha value is -3.04. The summed E-state index contributed by atoms with van der Waals surface area (Å²) in [6.07, 6.45) is -0.121. The maximum absolute atomic E-state index is 13.5. The van der Waals surface area contributed by atoms with E-state index in [1.807, 2.05) is 0 Å². The van der Waals surface area contributed by atoms with Crippen LogP contribution in [0.15, 0.2) is 18.2 Å². The number of carbonyl (C=O) groups excluding carboxylic acids is 3. The molecule has 4 N–H and O–H groups in total. The third-order valence-corrected chi connectivity index (χ3v) is 6.40. The fraction of sp³-hybridized carbons (Fsp3) is 0.458. The summed E-state index contributed by atoms with van der Waals surface area (Å²) >= 11 is 0. The second-order valence-corrected chi connectivity index (χ2v) is 8.70. The van der Waals surface area contributed by atoms with E-state index in [9.17, 15) is 29.0 Å². The van der Waals surface area contributed by atoms with E-state index in [0.717, 1.165) is 0 Å². The molecular formula is C24H30FN3O5. The molecule has 33 heavy (non-hydrogen) atoms. The Labute approximate surface area is 191 Å². The lowest BCUT2D eigenvalue weighted by atomic mass is 10.1. The van der Waals surface area contributed by atoms with E-state index in [0.29, 0.717) is 48.2 Å². The highest BCUT2D eigenvalue weighted by molar-refractivity contribution is 6.43. The Bertz CT molecular complexity index is 1080. The van der Waals surface area contributed by atoms with Gasteiger partial charge in [0.15, 0.2) is 0 Å². The van der Waals surface area contributed by atoms with Crippen molar-refractivity contribution in [3.8, 4) is 0 Å². The van der Waals surface area contributed by atoms with Crippen molar-refractivity contribution < 1.29 is 29.0 Å². The van der Waals surface area contributed by atoms with Crippen LogP contribution in [0.4, 0.5) is 10.1 Å². The number of halogens is 1. The van der Waals surface area contributed by atoms with Gasteiger partial charge in [0.05, 0.1) is 23.5 Å². The molecule has 9 heteroatoms. The van der Waals surface area contributed by atoms with Gasteiger partial charge in [0.2, 0.25) is 0 Å². The van der Waals surface area contributed by atoms with Crippen molar-refractivity contribution in [2.45, 2.75) is 64.7 Å². The molecular weight excluding hydrogens is 429 g/mol. The number of nitrogens with zero attached hydrogens (tertiary/aromatic N) is 1. The number of nitrogens with one attached hydrogen (secondary N) is 2. The standard InChI is InChI=1S/C24H30FN3O5/c1-12-11-16(5-8-17(12)25)27-23(32)20-13(2)21(28(4)14(20)3)22(31)24(33)26-15-6-9-18(29)19(30)10-7-15/h5,8,11,15,18-19,29-30H,6-7,9-10H2,1-4H3,(H,26,33)(H,27,32)/t15?,18-,19+. The van der Waals surface area contributed by atoms with E-state index in [1.165, 1.54) is 22.8 Å². The van der Waals surface area contributed by atoms with Crippen molar-refractivity contribution in [3.05, 3.63) is 52.1 Å². The molecule has 0 aliphatic heterocycles. The van der Waals surface area contributed by atoms with Crippen molar-refractivity contribution >= 4 is 23.3 Å². The van der Waals surface area contributed by atoms with Crippen LogP contribution in [0.3, 0.4) is 0 Å². The maximum atomic E-state index is 13.5. The van der Waals surface area contributed by atoms with Crippen LogP contribution in [0.25, 0.3) is 0 Å². The van der Waals surface area contributed by atoms with Crippen molar-refractivity contribution in [1.29, 1.82) is 0 Å². The molecule has 1 aliphatic rings. The van der Waals surface area contributed by atoms with Crippen molar-refractivity contribution in [2.24, 2.45) is 7.05 Å². The SMILES string of the molecule is Cc1cc(NC(=O)c2c(C)c(C(=O)C(=O)NC3CC[C@@H](O)[C@@H](O)CC3)n(C)c2C)ccc1F. The van der Waals surface area contributed by atoms with Gasteiger partial charge < -0.3 is 25.4 Å². The van der Waals surface area contributed by atoms with Crippen molar-refractivity contribution in [2.75, 3.05) is 5.32 Å². The first-order valence-corrected chi connectivity index (χ1v) is 11.0. The normalized spacial score (nSPS) is 20.8. The summed E-state index contributed by atoms with van der Waals surface area (Å²) < 4.78 is 15.0. The Balaban J connectivity index is 1.79. The van der Waals surface area contributed by atoms with Gasteiger partial charge in [-0.2, -0.15) is 0 Å². The van der Waals surface area contributed by atoms with Gasteiger partial charge in [0, 0.05) is 24.5 Å². The zero-order valence-corrected chi connectivity index (χ0v) is 19.2. The average molecular weight is 460 g/mol. The molecule has 0 radical (unpaired) electrons. The minimum absolute atomic E-state index is 0.110. The van der Waals surface area contributed by atoms with Gasteiger partial charge >= 0.3 is 0 Å². The van der Waals surface area contributed by atoms with E-state index < -0.39 is 29.8 Å². The molecule has 1 aromatic carbocycles. The van der Waals surface area contributed by atoms with Gasteiger partial charge in [-0.05, 0) is 75.8 Å². The second-order valence-electron chi connectivity index (χ2n) is 8.70. The van der Waals surface area contributed by atoms with Crippen LogP contribution in [0.5, 0.6) is 0 Å². The fourth-order valence-corrected chi connectivity index (χ4v) is 4.33. The third-order valence-electron chi connectivity index (χ3n) is 6.40. The topological polar surface area (TPSA) is 121 Å². The van der Waals surface area contributed by atoms with Crippen LogP contribution in [-0.2, 0) is 11.8 Å². The minimum atomic E-state index is -0.841. The van der Waals surface area contributed by atoms with Gasteiger partial charge in [-0.25, -0.2) is 4.39 Å². The predicted octanol–water partition coefficient (Wildman–Crippen LogP) is 2.31. The molecule has 1 aromatic heterocycles. The number of rotatable bonds is 5. The maximum Gasteiger partial charge on any atom is 0.294 e. The third kappa shape index (κ3) is 5.15. The number of aliphatic hydroxyl groups is 2. The van der Waals surface area contributed by atoms with Crippen LogP contribution in [0.1, 0.15) is 63.4 Å². The number of aryl methyl sites for hydroxylation is 1. The molecule has 0 bridgehead atoms. The molecule has 2 amide bonds. The lowest BCUT2D eigenvalue weighted by Crippen LogP contribution is -2.40. The van der Waals surface area contributed by atoms with E-state index in [-0.39, 0.29) is 23.1 Å². The summed E-state index contributed by atoms with van der Waals surface area (Å²) in [5.41, 5.74) is 2.08. The summed E-state index contributed by atoms with van der Waals surface area (Å²) in [7, 11) is 1.61. The Morgan fingerprint density at radius 2 is 1.64 bits per heavy atom. The number of benzene rings is 1. The van der Waals surface area contributed by atoms with Crippen LogP contribution in [0, 0.1) is 26.6 Å². The van der Waals surface area contributed by atoms with Crippen LogP contribution < -0.4 is 10.6 Å². The Kier molecular flexibility index (Phi) is 7.34. The molecule has 1 heterocycles. The average Bonchev–Trinajstić information content (AvgIpc) is 2.87. The first-order chi connectivity index (χ1) is 15.5. The van der Waals surface area contributed by atoms with Crippen LogP contribution >= 0.6 is 0 Å². The van der Waals surface area contributed by atoms with Gasteiger partial charge in [-0.3, -0.25) is 14.4 Å². The fourth-order valence-electron chi connectivity index (χ4n) is 4.33. The van der Waals surface area contributed by atoms with Crippen LogP contribution in [0.2, 0.25) is 0 Å². The Morgan fingerprint density at radius 3 is 2.21 bits per heavy atom. The largest absolute Gasteiger partial charge is 0.390 e. The highest BCUT2D eigenvalue weighted by Gasteiger charge is 2.31. The quantitative estimate of drug-likeness (QED) is 0.311. The number of hydrogen-bond donors (Lipinski definition) is 4. The molecule has 178 valence electrons. The number of hydrogen-bond acceptors (Lipinski definition) is 5. The number of ketones is 1. The highest BCUT2D eigenvalue weighted by atomic mass is 19.1. The number of aromatic nitrogens is 1. The molecule has 3 rings (SSSR count). The smallest absolute Gasteiger partial charge is 0.294 e. The summed E-state index contributed by atoms with van der Waals surface area (Å²) in [4.78, 5) is 38.7. The predicted molar refractivity (Wildman–Crippen MR) is 121 cm³/mol. The molecule has 3 atom stereocenters. The molecule has 8 nitrogen and oxygen atoms in total. The summed E-state index contributed by atoms with van der Waals surface area (Å²) in [6, 6.07) is 3.90. The lowest BCUT2D eigenvalue weighted by Gasteiger charge is -2.16. The first-order valence-electron chi connectivity index (χ1n) is 11.0. The molecule has 1 saturated carbocycles. The monoisotopic (exact) mass is 459 g/mol.